The summed E-state index contributed by atoms with van der Waals surface area (Å²) in [4.78, 5) is 22.7. The number of carbonyl (C=O) groups excluding carboxylic acids is 2. The van der Waals surface area contributed by atoms with Crippen molar-refractivity contribution in [1.29, 1.82) is 0 Å². The molecule has 0 atom stereocenters. The van der Waals surface area contributed by atoms with Crippen molar-refractivity contribution in [2.24, 2.45) is 0 Å². The van der Waals surface area contributed by atoms with Gasteiger partial charge >= 0.3 is 6.03 Å². The number of hydrogen-bond acceptors (Lipinski definition) is 4. The Morgan fingerprint density at radius 3 is 1.85 bits per heavy atom. The third kappa shape index (κ3) is 1.40. The van der Waals surface area contributed by atoms with Crippen LogP contribution in [0.25, 0.3) is 0 Å². The van der Waals surface area contributed by atoms with E-state index in [0.29, 0.717) is 4.42 Å². The lowest BCUT2D eigenvalue weighted by atomic mass is 10.6. The molecule has 0 aromatic heterocycles. The van der Waals surface area contributed by atoms with Crippen molar-refractivity contribution < 1.29 is 9.59 Å². The van der Waals surface area contributed by atoms with Gasteiger partial charge < -0.3 is 0 Å². The SMILES string of the molecule is CSC1(SC)C(=O)N(Cl)C(=O)N1Cl. The molecule has 0 radical (unpaired) electrons. The quantitative estimate of drug-likeness (QED) is 0.432. The average molecular weight is 261 g/mol. The van der Waals surface area contributed by atoms with Gasteiger partial charge in [-0.3, -0.25) is 4.79 Å². The van der Waals surface area contributed by atoms with Crippen LogP contribution in [0.2, 0.25) is 0 Å². The number of halogens is 2. The van der Waals surface area contributed by atoms with E-state index in [-0.39, 0.29) is 0 Å². The summed E-state index contributed by atoms with van der Waals surface area (Å²) in [5.74, 6) is -0.519. The number of nitrogens with zero attached hydrogens (tertiary/aromatic N) is 2. The molecule has 1 saturated heterocycles. The Bertz CT molecular complexity index is 259. The van der Waals surface area contributed by atoms with Crippen LogP contribution in [-0.2, 0) is 4.79 Å². The highest BCUT2D eigenvalue weighted by atomic mass is 35.5. The Balaban J connectivity index is 3.11. The first-order valence-corrected chi connectivity index (χ1v) is 6.24. The summed E-state index contributed by atoms with van der Waals surface area (Å²) in [5.41, 5.74) is 0. The molecule has 74 valence electrons. The molecule has 0 bridgehead atoms. The van der Waals surface area contributed by atoms with Crippen molar-refractivity contribution in [3.8, 4) is 0 Å². The van der Waals surface area contributed by atoms with Crippen molar-refractivity contribution in [2.45, 2.75) is 4.20 Å². The highest BCUT2D eigenvalue weighted by Gasteiger charge is 2.57. The Kier molecular flexibility index (Phi) is 3.27. The fourth-order valence-electron chi connectivity index (χ4n) is 0.916. The maximum absolute atomic E-state index is 11.5. The lowest BCUT2D eigenvalue weighted by molar-refractivity contribution is -0.123. The number of thioether (sulfide) groups is 2. The fraction of sp³-hybridized carbons (Fsp3) is 0.600. The summed E-state index contributed by atoms with van der Waals surface area (Å²) >= 11 is 13.4. The highest BCUT2D eigenvalue weighted by Crippen LogP contribution is 2.45. The number of carbonyl (C=O) groups is 2. The molecular weight excluding hydrogens is 255 g/mol. The molecule has 3 amide bonds. The molecule has 0 aliphatic carbocycles. The minimum Gasteiger partial charge on any atom is -0.268 e. The lowest BCUT2D eigenvalue weighted by Crippen LogP contribution is -2.37. The molecule has 1 heterocycles. The van der Waals surface area contributed by atoms with Gasteiger partial charge in [-0.1, -0.05) is 0 Å². The first-order chi connectivity index (χ1) is 6.01. The molecule has 0 spiro atoms. The van der Waals surface area contributed by atoms with Crippen molar-refractivity contribution >= 4 is 59.0 Å². The monoisotopic (exact) mass is 260 g/mol. The molecule has 0 aromatic rings. The zero-order valence-electron chi connectivity index (χ0n) is 6.78. The van der Waals surface area contributed by atoms with Crippen LogP contribution in [0.3, 0.4) is 0 Å². The van der Waals surface area contributed by atoms with Crippen LogP contribution >= 0.6 is 47.1 Å². The standard InChI is InChI=1S/C5H6Cl2N2O2S2/c1-12-5(13-2)3(10)8(6)4(11)9(5)7/h1-2H3. The number of imide groups is 1. The van der Waals surface area contributed by atoms with Crippen LogP contribution in [0.5, 0.6) is 0 Å². The van der Waals surface area contributed by atoms with Gasteiger partial charge in [0.05, 0.1) is 0 Å². The molecule has 1 rings (SSSR count). The smallest absolute Gasteiger partial charge is 0.268 e. The Morgan fingerprint density at radius 2 is 1.69 bits per heavy atom. The van der Waals surface area contributed by atoms with Crippen LogP contribution in [-0.4, -0.2) is 37.5 Å². The maximum atomic E-state index is 11.5. The number of rotatable bonds is 2. The first-order valence-electron chi connectivity index (χ1n) is 3.12. The molecule has 0 aromatic carbocycles. The molecule has 4 nitrogen and oxygen atoms in total. The second kappa shape index (κ2) is 3.76. The van der Waals surface area contributed by atoms with Crippen LogP contribution in [0.4, 0.5) is 4.79 Å². The molecule has 0 saturated carbocycles. The predicted molar refractivity (Wildman–Crippen MR) is 55.5 cm³/mol. The van der Waals surface area contributed by atoms with Gasteiger partial charge in [-0.05, 0) is 12.5 Å². The zero-order chi connectivity index (χ0) is 10.2. The summed E-state index contributed by atoms with van der Waals surface area (Å²) in [7, 11) is 0. The second-order valence-electron chi connectivity index (χ2n) is 2.14. The maximum Gasteiger partial charge on any atom is 0.358 e. The lowest BCUT2D eigenvalue weighted by Gasteiger charge is -2.25. The van der Waals surface area contributed by atoms with E-state index < -0.39 is 16.1 Å². The van der Waals surface area contributed by atoms with E-state index >= 15 is 0 Å². The van der Waals surface area contributed by atoms with Gasteiger partial charge in [0.1, 0.15) is 0 Å². The largest absolute Gasteiger partial charge is 0.358 e. The van der Waals surface area contributed by atoms with Crippen LogP contribution in [0.1, 0.15) is 0 Å². The first kappa shape index (κ1) is 11.3. The number of hydrogen-bond donors (Lipinski definition) is 0. The van der Waals surface area contributed by atoms with E-state index in [4.69, 9.17) is 23.6 Å². The summed E-state index contributed by atoms with van der Waals surface area (Å²) in [6.07, 6.45) is 3.38. The van der Waals surface area contributed by atoms with Crippen molar-refractivity contribution in [1.82, 2.24) is 8.84 Å². The van der Waals surface area contributed by atoms with Gasteiger partial charge in [-0.25, -0.2) is 4.79 Å². The van der Waals surface area contributed by atoms with Crippen LogP contribution in [0, 0.1) is 0 Å². The summed E-state index contributed by atoms with van der Waals surface area (Å²) in [6, 6.07) is -0.711. The number of amides is 3. The van der Waals surface area contributed by atoms with E-state index in [2.05, 4.69) is 0 Å². The molecule has 13 heavy (non-hydrogen) atoms. The fourth-order valence-corrected chi connectivity index (χ4v) is 3.49. The zero-order valence-corrected chi connectivity index (χ0v) is 9.93. The summed E-state index contributed by atoms with van der Waals surface area (Å²) < 4.78 is 0.193. The van der Waals surface area contributed by atoms with Crippen molar-refractivity contribution in [3.05, 3.63) is 0 Å². The Labute approximate surface area is 94.1 Å². The Hall–Kier alpha value is 0.220. The van der Waals surface area contributed by atoms with Gasteiger partial charge in [-0.15, -0.1) is 23.5 Å². The molecule has 8 heteroatoms. The van der Waals surface area contributed by atoms with E-state index in [1.165, 1.54) is 0 Å². The van der Waals surface area contributed by atoms with E-state index in [9.17, 15) is 9.59 Å². The predicted octanol–water partition coefficient (Wildman–Crippen LogP) is 1.94. The van der Waals surface area contributed by atoms with Crippen LogP contribution < -0.4 is 0 Å². The minimum absolute atomic E-state index is 0.500. The summed E-state index contributed by atoms with van der Waals surface area (Å²) in [6.45, 7) is 0. The van der Waals surface area contributed by atoms with Crippen LogP contribution in [0.15, 0.2) is 0 Å². The van der Waals surface area contributed by atoms with Gasteiger partial charge in [0.25, 0.3) is 5.91 Å². The van der Waals surface area contributed by atoms with E-state index in [1.807, 2.05) is 0 Å². The van der Waals surface area contributed by atoms with Gasteiger partial charge in [-0.2, -0.15) is 8.84 Å². The third-order valence-electron chi connectivity index (χ3n) is 1.60. The van der Waals surface area contributed by atoms with Crippen molar-refractivity contribution in [2.75, 3.05) is 12.5 Å². The normalized spacial score (nSPS) is 21.5. The Morgan fingerprint density at radius 1 is 1.23 bits per heavy atom. The topological polar surface area (TPSA) is 40.6 Å². The highest BCUT2D eigenvalue weighted by molar-refractivity contribution is 8.18. The van der Waals surface area contributed by atoms with E-state index in [1.54, 1.807) is 12.5 Å². The van der Waals surface area contributed by atoms with E-state index in [0.717, 1.165) is 27.9 Å². The minimum atomic E-state index is -1.12. The van der Waals surface area contributed by atoms with Gasteiger partial charge in [0, 0.05) is 23.6 Å². The van der Waals surface area contributed by atoms with Gasteiger partial charge in [0.2, 0.25) is 4.20 Å². The molecule has 1 aliphatic rings. The van der Waals surface area contributed by atoms with Crippen molar-refractivity contribution in [3.63, 3.8) is 0 Å². The molecule has 0 unspecified atom stereocenters. The molecular formula is C5H6Cl2N2O2S2. The number of urea groups is 1. The van der Waals surface area contributed by atoms with Gasteiger partial charge in [0.15, 0.2) is 0 Å². The molecule has 1 fully saturated rings. The second-order valence-corrected chi connectivity index (χ2v) is 5.07. The molecule has 1 aliphatic heterocycles. The molecule has 0 N–H and O–H groups in total. The summed E-state index contributed by atoms with van der Waals surface area (Å²) in [5, 5.41) is 0. The average Bonchev–Trinajstić information content (AvgIpc) is 2.31. The third-order valence-corrected chi connectivity index (χ3v) is 5.31.